The molecular formula is C9H16ClN3O3S. The molecule has 1 aromatic rings. The van der Waals surface area contributed by atoms with Crippen molar-refractivity contribution in [3.05, 3.63) is 11.5 Å². The van der Waals surface area contributed by atoms with Gasteiger partial charge in [-0.25, -0.2) is 13.4 Å². The maximum absolute atomic E-state index is 12.1. The van der Waals surface area contributed by atoms with E-state index in [0.29, 0.717) is 13.2 Å². The number of aromatic nitrogens is 2. The average Bonchev–Trinajstić information content (AvgIpc) is 2.60. The van der Waals surface area contributed by atoms with Gasteiger partial charge in [-0.1, -0.05) is 11.6 Å². The van der Waals surface area contributed by atoms with Gasteiger partial charge in [0.05, 0.1) is 12.9 Å². The van der Waals surface area contributed by atoms with E-state index in [2.05, 4.69) is 4.98 Å². The Morgan fingerprint density at radius 1 is 1.59 bits per heavy atom. The van der Waals surface area contributed by atoms with Crippen molar-refractivity contribution < 1.29 is 13.2 Å². The van der Waals surface area contributed by atoms with Crippen molar-refractivity contribution in [1.29, 1.82) is 0 Å². The van der Waals surface area contributed by atoms with Crippen LogP contribution in [-0.4, -0.2) is 49.1 Å². The van der Waals surface area contributed by atoms with Gasteiger partial charge in [-0.15, -0.1) is 0 Å². The smallest absolute Gasteiger partial charge is 0.263 e. The van der Waals surface area contributed by atoms with Crippen LogP contribution in [0.3, 0.4) is 0 Å². The summed E-state index contributed by atoms with van der Waals surface area (Å²) in [5.41, 5.74) is 0. The lowest BCUT2D eigenvalue weighted by Gasteiger charge is -2.15. The molecule has 0 aromatic carbocycles. The van der Waals surface area contributed by atoms with Crippen molar-refractivity contribution in [3.63, 3.8) is 0 Å². The Balaban J connectivity index is 2.84. The molecule has 0 aliphatic rings. The van der Waals surface area contributed by atoms with E-state index in [1.807, 2.05) is 6.92 Å². The molecule has 0 bridgehead atoms. The first-order valence-electron chi connectivity index (χ1n) is 5.12. The van der Waals surface area contributed by atoms with Crippen LogP contribution in [-0.2, 0) is 21.8 Å². The summed E-state index contributed by atoms with van der Waals surface area (Å²) in [4.78, 5) is 3.80. The number of sulfonamides is 1. The monoisotopic (exact) mass is 281 g/mol. The summed E-state index contributed by atoms with van der Waals surface area (Å²) in [5.74, 6) is 0. The lowest BCUT2D eigenvalue weighted by Crippen LogP contribution is -2.30. The highest BCUT2D eigenvalue weighted by atomic mass is 35.5. The number of rotatable bonds is 6. The quantitative estimate of drug-likeness (QED) is 0.721. The van der Waals surface area contributed by atoms with E-state index >= 15 is 0 Å². The van der Waals surface area contributed by atoms with Gasteiger partial charge in [0.25, 0.3) is 10.0 Å². The summed E-state index contributed by atoms with van der Waals surface area (Å²) >= 11 is 5.86. The van der Waals surface area contributed by atoms with E-state index < -0.39 is 10.0 Å². The molecule has 0 amide bonds. The van der Waals surface area contributed by atoms with Gasteiger partial charge in [0.1, 0.15) is 5.15 Å². The average molecular weight is 282 g/mol. The van der Waals surface area contributed by atoms with E-state index in [0.717, 1.165) is 0 Å². The van der Waals surface area contributed by atoms with Crippen LogP contribution >= 0.6 is 11.6 Å². The first-order valence-corrected chi connectivity index (χ1v) is 6.94. The molecular weight excluding hydrogens is 266 g/mol. The van der Waals surface area contributed by atoms with Crippen LogP contribution < -0.4 is 0 Å². The largest absolute Gasteiger partial charge is 0.380 e. The fraction of sp³-hybridized carbons (Fsp3) is 0.667. The third-order valence-electron chi connectivity index (χ3n) is 2.24. The third-order valence-corrected chi connectivity index (χ3v) is 4.59. The highest BCUT2D eigenvalue weighted by molar-refractivity contribution is 7.89. The third kappa shape index (κ3) is 3.19. The molecule has 0 unspecified atom stereocenters. The maximum Gasteiger partial charge on any atom is 0.263 e. The van der Waals surface area contributed by atoms with Gasteiger partial charge in [0.2, 0.25) is 5.03 Å². The molecule has 0 radical (unpaired) electrons. The second-order valence-electron chi connectivity index (χ2n) is 3.47. The minimum atomic E-state index is -3.64. The predicted molar refractivity (Wildman–Crippen MR) is 64.5 cm³/mol. The number of halogens is 1. The topological polar surface area (TPSA) is 64.4 Å². The lowest BCUT2D eigenvalue weighted by atomic mass is 10.7. The molecule has 0 fully saturated rings. The molecule has 6 nitrogen and oxygen atoms in total. The lowest BCUT2D eigenvalue weighted by molar-refractivity contribution is 0.138. The Morgan fingerprint density at radius 3 is 2.71 bits per heavy atom. The molecule has 1 heterocycles. The molecule has 0 aliphatic heterocycles. The maximum atomic E-state index is 12.1. The number of imidazole rings is 1. The van der Waals surface area contributed by atoms with E-state index in [9.17, 15) is 8.42 Å². The summed E-state index contributed by atoms with van der Waals surface area (Å²) in [7, 11) is -0.535. The summed E-state index contributed by atoms with van der Waals surface area (Å²) in [6.07, 6.45) is 1.37. The number of ether oxygens (including phenoxy) is 1. The van der Waals surface area contributed by atoms with Crippen LogP contribution in [0.15, 0.2) is 11.4 Å². The molecule has 0 saturated carbocycles. The Morgan fingerprint density at radius 2 is 2.24 bits per heavy atom. The van der Waals surface area contributed by atoms with Crippen molar-refractivity contribution in [2.75, 3.05) is 26.8 Å². The van der Waals surface area contributed by atoms with E-state index in [1.165, 1.54) is 22.2 Å². The molecule has 0 atom stereocenters. The predicted octanol–water partition coefficient (Wildman–Crippen LogP) is 0.730. The molecule has 1 rings (SSSR count). The minimum absolute atomic E-state index is 0.105. The Kier molecular flexibility index (Phi) is 4.93. The van der Waals surface area contributed by atoms with Crippen molar-refractivity contribution >= 4 is 21.6 Å². The molecule has 1 aromatic heterocycles. The Bertz CT molecular complexity index is 472. The standard InChI is InChI=1S/C9H16ClN3O3S/c1-4-16-6-5-13(3)17(14,15)9-8(10)12(2)7-11-9/h7H,4-6H2,1-3H3. The normalized spacial score (nSPS) is 12.3. The second kappa shape index (κ2) is 5.81. The summed E-state index contributed by atoms with van der Waals surface area (Å²) in [6.45, 7) is 3.02. The zero-order chi connectivity index (χ0) is 13.1. The zero-order valence-corrected chi connectivity index (χ0v) is 11.6. The number of nitrogens with zero attached hydrogens (tertiary/aromatic N) is 3. The zero-order valence-electron chi connectivity index (χ0n) is 10.1. The van der Waals surface area contributed by atoms with E-state index in [4.69, 9.17) is 16.3 Å². The number of hydrogen-bond acceptors (Lipinski definition) is 4. The Hall–Kier alpha value is -0.630. The summed E-state index contributed by atoms with van der Waals surface area (Å²) in [6, 6.07) is 0. The van der Waals surface area contributed by atoms with Gasteiger partial charge in [0, 0.05) is 27.2 Å². The van der Waals surface area contributed by atoms with Gasteiger partial charge in [-0.05, 0) is 6.92 Å². The molecule has 17 heavy (non-hydrogen) atoms. The van der Waals surface area contributed by atoms with Crippen LogP contribution in [0.5, 0.6) is 0 Å². The molecule has 98 valence electrons. The molecule has 0 spiro atoms. The van der Waals surface area contributed by atoms with Gasteiger partial charge in [0.15, 0.2) is 0 Å². The molecule has 0 N–H and O–H groups in total. The van der Waals surface area contributed by atoms with Crippen molar-refractivity contribution in [2.45, 2.75) is 11.9 Å². The first-order chi connectivity index (χ1) is 7.91. The fourth-order valence-electron chi connectivity index (χ4n) is 1.17. The minimum Gasteiger partial charge on any atom is -0.380 e. The molecule has 0 saturated heterocycles. The number of aryl methyl sites for hydroxylation is 1. The van der Waals surface area contributed by atoms with Crippen LogP contribution in [0.4, 0.5) is 0 Å². The fourth-order valence-corrected chi connectivity index (χ4v) is 2.70. The van der Waals surface area contributed by atoms with E-state index in [-0.39, 0.29) is 16.7 Å². The van der Waals surface area contributed by atoms with Crippen molar-refractivity contribution in [1.82, 2.24) is 13.9 Å². The van der Waals surface area contributed by atoms with Crippen LogP contribution in [0.25, 0.3) is 0 Å². The van der Waals surface area contributed by atoms with Gasteiger partial charge in [-0.2, -0.15) is 4.31 Å². The number of hydrogen-bond donors (Lipinski definition) is 0. The van der Waals surface area contributed by atoms with Crippen LogP contribution in [0.2, 0.25) is 5.15 Å². The molecule has 8 heteroatoms. The van der Waals surface area contributed by atoms with Gasteiger partial charge >= 0.3 is 0 Å². The van der Waals surface area contributed by atoms with Gasteiger partial charge < -0.3 is 9.30 Å². The SMILES string of the molecule is CCOCCN(C)S(=O)(=O)c1ncn(C)c1Cl. The summed E-state index contributed by atoms with van der Waals surface area (Å²) in [5, 5.41) is -0.0195. The molecule has 0 aliphatic carbocycles. The first kappa shape index (κ1) is 14.4. The van der Waals surface area contributed by atoms with Crippen molar-refractivity contribution in [3.8, 4) is 0 Å². The number of likely N-dealkylation sites (N-methyl/N-ethyl adjacent to an activating group) is 1. The van der Waals surface area contributed by atoms with Crippen LogP contribution in [0.1, 0.15) is 6.92 Å². The van der Waals surface area contributed by atoms with Crippen LogP contribution in [0, 0.1) is 0 Å². The summed E-state index contributed by atoms with van der Waals surface area (Å²) < 4.78 is 31.9. The van der Waals surface area contributed by atoms with Gasteiger partial charge in [-0.3, -0.25) is 0 Å². The Labute approximate surface area is 106 Å². The highest BCUT2D eigenvalue weighted by Gasteiger charge is 2.26. The highest BCUT2D eigenvalue weighted by Crippen LogP contribution is 2.21. The second-order valence-corrected chi connectivity index (χ2v) is 5.79. The van der Waals surface area contributed by atoms with Crippen molar-refractivity contribution in [2.24, 2.45) is 7.05 Å². The van der Waals surface area contributed by atoms with E-state index in [1.54, 1.807) is 7.05 Å².